The summed E-state index contributed by atoms with van der Waals surface area (Å²) in [5, 5.41) is 20.5. The number of rotatable bonds is 5. The minimum absolute atomic E-state index is 0.174. The zero-order valence-corrected chi connectivity index (χ0v) is 12.9. The normalized spacial score (nSPS) is 10.5. The highest BCUT2D eigenvalue weighted by Crippen LogP contribution is 2.18. The number of tetrazole rings is 1. The van der Waals surface area contributed by atoms with E-state index in [0.717, 1.165) is 6.42 Å². The van der Waals surface area contributed by atoms with Gasteiger partial charge in [-0.15, -0.1) is 10.2 Å². The summed E-state index contributed by atoms with van der Waals surface area (Å²) in [7, 11) is 0. The molecular weight excluding hydrogens is 310 g/mol. The second-order valence-corrected chi connectivity index (χ2v) is 5.05. The number of anilines is 1. The molecule has 0 aliphatic heterocycles. The molecule has 1 amide bonds. The Labute approximate surface area is 136 Å². The lowest BCUT2D eigenvalue weighted by Crippen LogP contribution is -2.26. The smallest absolute Gasteiger partial charge is 0.276 e. The number of carbonyl (C=O) groups is 1. The molecule has 24 heavy (non-hydrogen) atoms. The average Bonchev–Trinajstić information content (AvgIpc) is 3.12. The van der Waals surface area contributed by atoms with Crippen LogP contribution in [0.15, 0.2) is 41.2 Å². The summed E-state index contributed by atoms with van der Waals surface area (Å²) in [5.74, 6) is 0.0332. The van der Waals surface area contributed by atoms with Crippen molar-refractivity contribution in [3.63, 3.8) is 0 Å². The molecule has 0 aliphatic carbocycles. The van der Waals surface area contributed by atoms with Crippen LogP contribution in [-0.4, -0.2) is 36.3 Å². The van der Waals surface area contributed by atoms with E-state index in [4.69, 9.17) is 0 Å². The van der Waals surface area contributed by atoms with Gasteiger partial charge in [0.1, 0.15) is 5.69 Å². The van der Waals surface area contributed by atoms with Crippen molar-refractivity contribution in [2.45, 2.75) is 19.9 Å². The van der Waals surface area contributed by atoms with Crippen LogP contribution in [-0.2, 0) is 6.54 Å². The summed E-state index contributed by atoms with van der Waals surface area (Å²) in [4.78, 5) is 24.0. The fourth-order valence-corrected chi connectivity index (χ4v) is 2.16. The molecule has 2 N–H and O–H groups in total. The molecule has 0 fully saturated rings. The second-order valence-electron chi connectivity index (χ2n) is 5.05. The van der Waals surface area contributed by atoms with Crippen LogP contribution in [0.5, 0.6) is 0 Å². The number of amides is 1. The number of carbonyl (C=O) groups excluding carboxylic acids is 1. The molecule has 0 unspecified atom stereocenters. The monoisotopic (exact) mass is 325 g/mol. The van der Waals surface area contributed by atoms with Crippen molar-refractivity contribution in [3.05, 3.63) is 52.4 Å². The van der Waals surface area contributed by atoms with Crippen molar-refractivity contribution in [1.29, 1.82) is 0 Å². The van der Waals surface area contributed by atoms with Gasteiger partial charge in [0.05, 0.1) is 0 Å². The third-order valence-electron chi connectivity index (χ3n) is 3.26. The summed E-state index contributed by atoms with van der Waals surface area (Å²) < 4.78 is 1.28. The van der Waals surface area contributed by atoms with E-state index in [1.165, 1.54) is 16.8 Å². The van der Waals surface area contributed by atoms with Gasteiger partial charge in [-0.3, -0.25) is 9.59 Å². The number of hydrogen-bond acceptors (Lipinski definition) is 6. The van der Waals surface area contributed by atoms with Crippen LogP contribution < -0.4 is 10.9 Å². The number of nitrogens with zero attached hydrogens (tertiary/aromatic N) is 5. The fourth-order valence-electron chi connectivity index (χ4n) is 2.16. The summed E-state index contributed by atoms with van der Waals surface area (Å²) >= 11 is 0. The second kappa shape index (κ2) is 6.82. The third-order valence-corrected chi connectivity index (χ3v) is 3.26. The molecule has 0 bridgehead atoms. The maximum Gasteiger partial charge on any atom is 0.276 e. The number of nitrogens with one attached hydrogen (secondary N) is 2. The van der Waals surface area contributed by atoms with Gasteiger partial charge in [-0.25, -0.2) is 4.68 Å². The highest BCUT2D eigenvalue weighted by molar-refractivity contribution is 6.02. The molecule has 2 heterocycles. The topological polar surface area (TPSA) is 118 Å². The van der Waals surface area contributed by atoms with E-state index < -0.39 is 5.91 Å². The van der Waals surface area contributed by atoms with E-state index in [2.05, 4.69) is 31.0 Å². The van der Waals surface area contributed by atoms with Gasteiger partial charge in [-0.1, -0.05) is 19.1 Å². The molecule has 9 nitrogen and oxygen atoms in total. The van der Waals surface area contributed by atoms with Crippen molar-refractivity contribution in [2.75, 3.05) is 5.32 Å². The number of benzene rings is 1. The first-order valence-electron chi connectivity index (χ1n) is 7.41. The zero-order chi connectivity index (χ0) is 16.9. The summed E-state index contributed by atoms with van der Waals surface area (Å²) in [6.45, 7) is 2.40. The van der Waals surface area contributed by atoms with Gasteiger partial charge in [0, 0.05) is 23.9 Å². The van der Waals surface area contributed by atoms with Gasteiger partial charge >= 0.3 is 0 Å². The number of hydrogen-bond donors (Lipinski definition) is 2. The lowest BCUT2D eigenvalue weighted by Gasteiger charge is -2.07. The van der Waals surface area contributed by atoms with Crippen LogP contribution >= 0.6 is 0 Å². The minimum atomic E-state index is -0.398. The molecule has 0 spiro atoms. The fraction of sp³-hybridized carbons (Fsp3) is 0.200. The van der Waals surface area contributed by atoms with Gasteiger partial charge in [-0.2, -0.15) is 10.3 Å². The molecule has 122 valence electrons. The molecule has 9 heteroatoms. The molecule has 3 aromatic rings. The predicted octanol–water partition coefficient (Wildman–Crippen LogP) is 1.09. The number of aryl methyl sites for hydroxylation is 1. The van der Waals surface area contributed by atoms with E-state index in [9.17, 15) is 9.59 Å². The van der Waals surface area contributed by atoms with Gasteiger partial charge in [0.25, 0.3) is 11.5 Å². The largest absolute Gasteiger partial charge is 0.321 e. The van der Waals surface area contributed by atoms with Crippen LogP contribution in [0, 0.1) is 0 Å². The Morgan fingerprint density at radius 1 is 1.29 bits per heavy atom. The van der Waals surface area contributed by atoms with Crippen LogP contribution in [0.3, 0.4) is 0 Å². The summed E-state index contributed by atoms with van der Waals surface area (Å²) in [5.41, 5.74) is 1.23. The predicted molar refractivity (Wildman–Crippen MR) is 86.4 cm³/mol. The Bertz CT molecular complexity index is 902. The Kier molecular flexibility index (Phi) is 4.41. The van der Waals surface area contributed by atoms with Crippen molar-refractivity contribution in [2.24, 2.45) is 0 Å². The first kappa shape index (κ1) is 15.5. The SMILES string of the molecule is CCCn1nc(C(=O)Nc2cccc(-c3nn[nH]n3)c2)ccc1=O. The van der Waals surface area contributed by atoms with Crippen molar-refractivity contribution in [1.82, 2.24) is 30.4 Å². The van der Waals surface area contributed by atoms with Crippen LogP contribution in [0.2, 0.25) is 0 Å². The van der Waals surface area contributed by atoms with Gasteiger partial charge in [0.2, 0.25) is 5.82 Å². The third kappa shape index (κ3) is 3.35. The molecule has 0 aliphatic rings. The first-order valence-corrected chi connectivity index (χ1v) is 7.41. The maximum atomic E-state index is 12.3. The lowest BCUT2D eigenvalue weighted by atomic mass is 10.2. The minimum Gasteiger partial charge on any atom is -0.321 e. The highest BCUT2D eigenvalue weighted by Gasteiger charge is 2.11. The molecule has 0 atom stereocenters. The van der Waals surface area contributed by atoms with E-state index in [-0.39, 0.29) is 11.3 Å². The average molecular weight is 325 g/mol. The highest BCUT2D eigenvalue weighted by atomic mass is 16.2. The summed E-state index contributed by atoms with van der Waals surface area (Å²) in [6.07, 6.45) is 0.755. The van der Waals surface area contributed by atoms with Gasteiger partial charge in [0.15, 0.2) is 0 Å². The van der Waals surface area contributed by atoms with Crippen molar-refractivity contribution < 1.29 is 4.79 Å². The lowest BCUT2D eigenvalue weighted by molar-refractivity contribution is 0.102. The molecule has 3 rings (SSSR count). The van der Waals surface area contributed by atoms with E-state index in [0.29, 0.717) is 23.6 Å². The Morgan fingerprint density at radius 2 is 2.17 bits per heavy atom. The van der Waals surface area contributed by atoms with Crippen molar-refractivity contribution >= 4 is 11.6 Å². The quantitative estimate of drug-likeness (QED) is 0.725. The van der Waals surface area contributed by atoms with Gasteiger partial charge in [-0.05, 0) is 29.8 Å². The first-order chi connectivity index (χ1) is 11.7. The van der Waals surface area contributed by atoms with E-state index >= 15 is 0 Å². The Morgan fingerprint density at radius 3 is 2.92 bits per heavy atom. The standard InChI is InChI=1S/C15H15N7O2/c1-2-8-22-13(23)7-6-12(19-22)15(24)16-11-5-3-4-10(9-11)14-17-20-21-18-14/h3-7,9H,2,8H2,1H3,(H,16,24)(H,17,18,20,21). The number of H-pyrrole nitrogens is 1. The zero-order valence-electron chi connectivity index (χ0n) is 12.9. The van der Waals surface area contributed by atoms with Gasteiger partial charge < -0.3 is 5.32 Å². The van der Waals surface area contributed by atoms with Crippen LogP contribution in [0.4, 0.5) is 5.69 Å². The molecule has 2 aromatic heterocycles. The molecular formula is C15H15N7O2. The number of aromatic nitrogens is 6. The Hall–Kier alpha value is -3.36. The van der Waals surface area contributed by atoms with E-state index in [1.54, 1.807) is 24.3 Å². The molecule has 0 radical (unpaired) electrons. The summed E-state index contributed by atoms with van der Waals surface area (Å²) in [6, 6.07) is 9.79. The molecule has 1 aromatic carbocycles. The van der Waals surface area contributed by atoms with E-state index in [1.807, 2.05) is 6.92 Å². The maximum absolute atomic E-state index is 12.3. The molecule has 0 saturated heterocycles. The van der Waals surface area contributed by atoms with Crippen molar-refractivity contribution in [3.8, 4) is 11.4 Å². The van der Waals surface area contributed by atoms with Crippen LogP contribution in [0.25, 0.3) is 11.4 Å². The van der Waals surface area contributed by atoms with Crippen LogP contribution in [0.1, 0.15) is 23.8 Å². The molecule has 0 saturated carbocycles. The number of aromatic amines is 1. The Balaban J connectivity index is 1.81.